The summed E-state index contributed by atoms with van der Waals surface area (Å²) >= 11 is 0. The minimum atomic E-state index is -0.187. The standard InChI is InChI=1S/C21H36N6O/c1-4-22-20(23-12-15-27-13-6-5-7-14-27)24-16-18-8-10-19(11-9-18)26-21(28)25-17(2)3/h8-11,17H,4-7,12-16H2,1-3H3,(H2,22,23,24)(H2,25,26,28). The molecule has 0 aliphatic carbocycles. The molecular weight excluding hydrogens is 352 g/mol. The van der Waals surface area contributed by atoms with Gasteiger partial charge in [-0.3, -0.25) is 0 Å². The maximum atomic E-state index is 11.7. The highest BCUT2D eigenvalue weighted by Crippen LogP contribution is 2.10. The van der Waals surface area contributed by atoms with E-state index in [9.17, 15) is 4.79 Å². The molecular formula is C21H36N6O. The van der Waals surface area contributed by atoms with Crippen molar-refractivity contribution in [1.82, 2.24) is 20.9 Å². The van der Waals surface area contributed by atoms with Gasteiger partial charge in [0.2, 0.25) is 0 Å². The van der Waals surface area contributed by atoms with Crippen molar-refractivity contribution in [2.24, 2.45) is 4.99 Å². The first-order valence-electron chi connectivity index (χ1n) is 10.5. The highest BCUT2D eigenvalue weighted by Gasteiger charge is 2.09. The van der Waals surface area contributed by atoms with Crippen molar-refractivity contribution in [2.75, 3.05) is 38.0 Å². The van der Waals surface area contributed by atoms with Crippen molar-refractivity contribution in [2.45, 2.75) is 52.6 Å². The van der Waals surface area contributed by atoms with Gasteiger partial charge in [0.25, 0.3) is 0 Å². The van der Waals surface area contributed by atoms with Gasteiger partial charge in [0.1, 0.15) is 0 Å². The molecule has 28 heavy (non-hydrogen) atoms. The van der Waals surface area contributed by atoms with Crippen molar-refractivity contribution in [1.29, 1.82) is 0 Å². The van der Waals surface area contributed by atoms with Crippen LogP contribution in [0.2, 0.25) is 0 Å². The number of nitrogens with zero attached hydrogens (tertiary/aromatic N) is 2. The van der Waals surface area contributed by atoms with Crippen LogP contribution in [0, 0.1) is 0 Å². The van der Waals surface area contributed by atoms with Gasteiger partial charge in [0.05, 0.1) is 6.54 Å². The predicted molar refractivity (Wildman–Crippen MR) is 117 cm³/mol. The average molecular weight is 389 g/mol. The van der Waals surface area contributed by atoms with Crippen molar-refractivity contribution in [3.63, 3.8) is 0 Å². The molecule has 0 radical (unpaired) electrons. The second-order valence-electron chi connectivity index (χ2n) is 7.47. The van der Waals surface area contributed by atoms with Crippen LogP contribution >= 0.6 is 0 Å². The van der Waals surface area contributed by atoms with Gasteiger partial charge in [-0.15, -0.1) is 0 Å². The van der Waals surface area contributed by atoms with Gasteiger partial charge in [0.15, 0.2) is 5.96 Å². The maximum absolute atomic E-state index is 11.7. The van der Waals surface area contributed by atoms with Crippen LogP contribution in [0.25, 0.3) is 0 Å². The quantitative estimate of drug-likeness (QED) is 0.408. The van der Waals surface area contributed by atoms with E-state index in [2.05, 4.69) is 38.1 Å². The molecule has 2 amide bonds. The lowest BCUT2D eigenvalue weighted by molar-refractivity contribution is 0.232. The fourth-order valence-electron chi connectivity index (χ4n) is 3.15. The highest BCUT2D eigenvalue weighted by molar-refractivity contribution is 5.89. The molecule has 0 aromatic heterocycles. The lowest BCUT2D eigenvalue weighted by atomic mass is 10.1. The number of hydrogen-bond acceptors (Lipinski definition) is 3. The largest absolute Gasteiger partial charge is 0.357 e. The van der Waals surface area contributed by atoms with E-state index in [0.717, 1.165) is 36.8 Å². The Hall–Kier alpha value is -2.28. The Morgan fingerprint density at radius 1 is 1.11 bits per heavy atom. The SMILES string of the molecule is CCNC(=NCc1ccc(NC(=O)NC(C)C)cc1)NCCN1CCCCC1. The Kier molecular flexibility index (Phi) is 9.62. The number of anilines is 1. The Labute approximate surface area is 169 Å². The highest BCUT2D eigenvalue weighted by atomic mass is 16.2. The maximum Gasteiger partial charge on any atom is 0.319 e. The lowest BCUT2D eigenvalue weighted by Gasteiger charge is -2.26. The van der Waals surface area contributed by atoms with E-state index in [0.29, 0.717) is 6.54 Å². The normalized spacial score (nSPS) is 15.4. The fourth-order valence-corrected chi connectivity index (χ4v) is 3.15. The average Bonchev–Trinajstić information content (AvgIpc) is 2.67. The second-order valence-corrected chi connectivity index (χ2v) is 7.47. The number of carbonyl (C=O) groups is 1. The van der Waals surface area contributed by atoms with E-state index >= 15 is 0 Å². The van der Waals surface area contributed by atoms with Crippen molar-refractivity contribution in [3.8, 4) is 0 Å². The van der Waals surface area contributed by atoms with Crippen LogP contribution in [0.5, 0.6) is 0 Å². The molecule has 1 fully saturated rings. The number of urea groups is 1. The van der Waals surface area contributed by atoms with Crippen LogP contribution < -0.4 is 21.3 Å². The molecule has 156 valence electrons. The Morgan fingerprint density at radius 3 is 2.46 bits per heavy atom. The van der Waals surface area contributed by atoms with Crippen molar-refractivity contribution >= 4 is 17.7 Å². The number of rotatable bonds is 8. The van der Waals surface area contributed by atoms with E-state index in [1.807, 2.05) is 38.1 Å². The number of amides is 2. The summed E-state index contributed by atoms with van der Waals surface area (Å²) in [7, 11) is 0. The molecule has 1 aromatic rings. The first-order chi connectivity index (χ1) is 13.6. The van der Waals surface area contributed by atoms with Crippen molar-refractivity contribution < 1.29 is 4.79 Å². The van der Waals surface area contributed by atoms with E-state index in [4.69, 9.17) is 0 Å². The summed E-state index contributed by atoms with van der Waals surface area (Å²) in [4.78, 5) is 18.9. The number of benzene rings is 1. The molecule has 0 unspecified atom stereocenters. The van der Waals surface area contributed by atoms with Crippen LogP contribution in [0.15, 0.2) is 29.3 Å². The zero-order valence-electron chi connectivity index (χ0n) is 17.6. The van der Waals surface area contributed by atoms with Gasteiger partial charge in [-0.25, -0.2) is 9.79 Å². The number of carbonyl (C=O) groups excluding carboxylic acids is 1. The summed E-state index contributed by atoms with van der Waals surface area (Å²) < 4.78 is 0. The molecule has 4 N–H and O–H groups in total. The third-order valence-corrected chi connectivity index (χ3v) is 4.56. The summed E-state index contributed by atoms with van der Waals surface area (Å²) in [6, 6.07) is 7.72. The first kappa shape index (κ1) is 22.0. The molecule has 0 bridgehead atoms. The number of piperidine rings is 1. The van der Waals surface area contributed by atoms with Crippen LogP contribution in [0.1, 0.15) is 45.6 Å². The third-order valence-electron chi connectivity index (χ3n) is 4.56. The Balaban J connectivity index is 1.79. The van der Waals surface area contributed by atoms with E-state index in [1.54, 1.807) is 0 Å². The van der Waals surface area contributed by atoms with E-state index < -0.39 is 0 Å². The smallest absolute Gasteiger partial charge is 0.319 e. The van der Waals surface area contributed by atoms with Gasteiger partial charge < -0.3 is 26.2 Å². The van der Waals surface area contributed by atoms with Crippen LogP contribution in [-0.4, -0.2) is 55.7 Å². The van der Waals surface area contributed by atoms with Gasteiger partial charge in [-0.1, -0.05) is 18.6 Å². The molecule has 0 atom stereocenters. The molecule has 1 aliphatic rings. The van der Waals surface area contributed by atoms with E-state index in [-0.39, 0.29) is 12.1 Å². The van der Waals surface area contributed by atoms with Crippen LogP contribution in [-0.2, 0) is 6.54 Å². The van der Waals surface area contributed by atoms with Crippen LogP contribution in [0.3, 0.4) is 0 Å². The third kappa shape index (κ3) is 8.61. The lowest BCUT2D eigenvalue weighted by Crippen LogP contribution is -2.42. The molecule has 1 aliphatic heterocycles. The summed E-state index contributed by atoms with van der Waals surface area (Å²) in [5.41, 5.74) is 1.88. The predicted octanol–water partition coefficient (Wildman–Crippen LogP) is 2.76. The minimum absolute atomic E-state index is 0.112. The zero-order valence-corrected chi connectivity index (χ0v) is 17.6. The van der Waals surface area contributed by atoms with Crippen molar-refractivity contribution in [3.05, 3.63) is 29.8 Å². The number of guanidine groups is 1. The molecule has 1 heterocycles. The Bertz CT molecular complexity index is 608. The summed E-state index contributed by atoms with van der Waals surface area (Å²) in [6.07, 6.45) is 4.00. The topological polar surface area (TPSA) is 80.8 Å². The molecule has 7 heteroatoms. The van der Waals surface area contributed by atoms with Gasteiger partial charge in [0, 0.05) is 31.4 Å². The molecule has 2 rings (SSSR count). The number of nitrogens with one attached hydrogen (secondary N) is 4. The van der Waals surface area contributed by atoms with Gasteiger partial charge in [-0.05, 0) is 64.4 Å². The summed E-state index contributed by atoms with van der Waals surface area (Å²) in [5, 5.41) is 12.4. The molecule has 1 saturated heterocycles. The second kappa shape index (κ2) is 12.2. The van der Waals surface area contributed by atoms with Gasteiger partial charge in [-0.2, -0.15) is 0 Å². The van der Waals surface area contributed by atoms with Crippen LogP contribution in [0.4, 0.5) is 10.5 Å². The van der Waals surface area contributed by atoms with E-state index in [1.165, 1.54) is 32.4 Å². The zero-order chi connectivity index (χ0) is 20.2. The number of hydrogen-bond donors (Lipinski definition) is 4. The summed E-state index contributed by atoms with van der Waals surface area (Å²) in [5.74, 6) is 0.845. The van der Waals surface area contributed by atoms with Gasteiger partial charge >= 0.3 is 6.03 Å². The minimum Gasteiger partial charge on any atom is -0.357 e. The fraction of sp³-hybridized carbons (Fsp3) is 0.619. The number of likely N-dealkylation sites (tertiary alicyclic amines) is 1. The summed E-state index contributed by atoms with van der Waals surface area (Å²) in [6.45, 7) is 11.8. The Morgan fingerprint density at radius 2 is 1.82 bits per heavy atom. The molecule has 1 aromatic carbocycles. The monoisotopic (exact) mass is 388 g/mol. The first-order valence-corrected chi connectivity index (χ1v) is 10.5. The molecule has 7 nitrogen and oxygen atoms in total. The molecule has 0 saturated carbocycles. The number of aliphatic imine (C=N–C) groups is 1. The molecule has 0 spiro atoms.